The van der Waals surface area contributed by atoms with Crippen LogP contribution < -0.4 is 15.5 Å². The summed E-state index contributed by atoms with van der Waals surface area (Å²) < 4.78 is 19.0. The molecule has 0 fully saturated rings. The van der Waals surface area contributed by atoms with Gasteiger partial charge in [-0.1, -0.05) is 13.8 Å². The number of halogens is 1. The van der Waals surface area contributed by atoms with E-state index in [1.807, 2.05) is 31.3 Å². The lowest BCUT2D eigenvalue weighted by atomic mass is 9.88. The fraction of sp³-hybridized carbons (Fsp3) is 0.250. The molecule has 2 aromatic heterocycles. The van der Waals surface area contributed by atoms with E-state index in [0.717, 1.165) is 34.1 Å². The Balaban J connectivity index is 1.49. The minimum Gasteiger partial charge on any atom is -0.421 e. The molecule has 0 aliphatic carbocycles. The molecule has 4 aromatic rings. The van der Waals surface area contributed by atoms with Gasteiger partial charge in [0.25, 0.3) is 0 Å². The maximum atomic E-state index is 13.5. The SMILES string of the molecule is CNc1nc(Nc2ccc(-c3nnc(C)o3)cc2)nc2c1C(C)(C)CN2c1ccc(F)cc1. The smallest absolute Gasteiger partial charge is 0.247 e. The molecule has 0 unspecified atom stereocenters. The average Bonchev–Trinajstić information content (AvgIpc) is 3.35. The Morgan fingerprint density at radius 3 is 2.36 bits per heavy atom. The summed E-state index contributed by atoms with van der Waals surface area (Å²) in [6, 6.07) is 14.1. The van der Waals surface area contributed by atoms with Crippen molar-refractivity contribution in [3.63, 3.8) is 0 Å². The van der Waals surface area contributed by atoms with Crippen LogP contribution in [0.5, 0.6) is 0 Å². The molecule has 2 aromatic carbocycles. The van der Waals surface area contributed by atoms with E-state index in [9.17, 15) is 4.39 Å². The van der Waals surface area contributed by atoms with Gasteiger partial charge in [0.2, 0.25) is 17.7 Å². The van der Waals surface area contributed by atoms with Gasteiger partial charge >= 0.3 is 0 Å². The first kappa shape index (κ1) is 20.9. The second-order valence-electron chi connectivity index (χ2n) is 8.62. The monoisotopic (exact) mass is 445 g/mol. The maximum Gasteiger partial charge on any atom is 0.247 e. The van der Waals surface area contributed by atoms with Crippen LogP contribution in [-0.4, -0.2) is 33.8 Å². The van der Waals surface area contributed by atoms with E-state index in [0.29, 0.717) is 24.3 Å². The van der Waals surface area contributed by atoms with Crippen LogP contribution in [0.2, 0.25) is 0 Å². The molecule has 0 radical (unpaired) electrons. The quantitative estimate of drug-likeness (QED) is 0.434. The number of benzene rings is 2. The van der Waals surface area contributed by atoms with Gasteiger partial charge in [-0.25, -0.2) is 4.39 Å². The zero-order valence-corrected chi connectivity index (χ0v) is 18.8. The molecule has 3 heterocycles. The summed E-state index contributed by atoms with van der Waals surface area (Å²) in [7, 11) is 1.85. The van der Waals surface area contributed by atoms with Crippen LogP contribution in [0, 0.1) is 12.7 Å². The summed E-state index contributed by atoms with van der Waals surface area (Å²) in [6.07, 6.45) is 0. The largest absolute Gasteiger partial charge is 0.421 e. The van der Waals surface area contributed by atoms with E-state index in [1.165, 1.54) is 12.1 Å². The van der Waals surface area contributed by atoms with Crippen molar-refractivity contribution in [2.24, 2.45) is 0 Å². The van der Waals surface area contributed by atoms with Gasteiger partial charge in [0.1, 0.15) is 17.5 Å². The highest BCUT2D eigenvalue weighted by Crippen LogP contribution is 2.46. The van der Waals surface area contributed by atoms with E-state index in [2.05, 4.69) is 39.6 Å². The molecule has 2 N–H and O–H groups in total. The Kier molecular flexibility index (Phi) is 4.96. The van der Waals surface area contributed by atoms with E-state index in [1.54, 1.807) is 19.1 Å². The minimum absolute atomic E-state index is 0.190. The Bertz CT molecular complexity index is 1300. The molecule has 0 saturated carbocycles. The highest BCUT2D eigenvalue weighted by molar-refractivity contribution is 5.76. The summed E-state index contributed by atoms with van der Waals surface area (Å²) >= 11 is 0. The fourth-order valence-corrected chi connectivity index (χ4v) is 4.13. The number of rotatable bonds is 5. The van der Waals surface area contributed by atoms with Gasteiger partial charge in [-0.15, -0.1) is 10.2 Å². The first-order valence-electron chi connectivity index (χ1n) is 10.6. The highest BCUT2D eigenvalue weighted by atomic mass is 19.1. The van der Waals surface area contributed by atoms with Crippen molar-refractivity contribution in [1.29, 1.82) is 0 Å². The normalized spacial score (nSPS) is 14.3. The number of aryl methyl sites for hydroxylation is 1. The third kappa shape index (κ3) is 3.86. The van der Waals surface area contributed by atoms with Crippen LogP contribution in [0.4, 0.5) is 33.3 Å². The molecule has 1 aliphatic rings. The molecule has 8 nitrogen and oxygen atoms in total. The maximum absolute atomic E-state index is 13.5. The molecule has 0 amide bonds. The number of aromatic nitrogens is 4. The van der Waals surface area contributed by atoms with Crippen molar-refractivity contribution in [2.45, 2.75) is 26.2 Å². The van der Waals surface area contributed by atoms with Crippen LogP contribution in [0.25, 0.3) is 11.5 Å². The van der Waals surface area contributed by atoms with Crippen LogP contribution in [0.15, 0.2) is 52.9 Å². The Hall–Kier alpha value is -4.01. The molecule has 0 spiro atoms. The minimum atomic E-state index is -0.266. The number of hydrogen-bond donors (Lipinski definition) is 2. The highest BCUT2D eigenvalue weighted by Gasteiger charge is 2.40. The number of nitrogens with one attached hydrogen (secondary N) is 2. The molecule has 5 rings (SSSR count). The zero-order valence-electron chi connectivity index (χ0n) is 18.8. The van der Waals surface area contributed by atoms with E-state index < -0.39 is 0 Å². The molecule has 33 heavy (non-hydrogen) atoms. The summed E-state index contributed by atoms with van der Waals surface area (Å²) in [4.78, 5) is 11.7. The molecular weight excluding hydrogens is 421 g/mol. The summed E-state index contributed by atoms with van der Waals surface area (Å²) in [6.45, 7) is 6.78. The van der Waals surface area contributed by atoms with Gasteiger partial charge in [-0.2, -0.15) is 9.97 Å². The van der Waals surface area contributed by atoms with Gasteiger partial charge in [-0.3, -0.25) is 0 Å². The van der Waals surface area contributed by atoms with Crippen LogP contribution in [0.3, 0.4) is 0 Å². The van der Waals surface area contributed by atoms with Gasteiger partial charge < -0.3 is 20.0 Å². The summed E-state index contributed by atoms with van der Waals surface area (Å²) in [5.41, 5.74) is 3.37. The fourth-order valence-electron chi connectivity index (χ4n) is 4.13. The van der Waals surface area contributed by atoms with Gasteiger partial charge in [0.05, 0.1) is 0 Å². The Morgan fingerprint density at radius 1 is 1.00 bits per heavy atom. The van der Waals surface area contributed by atoms with Gasteiger partial charge in [0.15, 0.2) is 0 Å². The number of hydrogen-bond acceptors (Lipinski definition) is 8. The van der Waals surface area contributed by atoms with Gasteiger partial charge in [-0.05, 0) is 48.5 Å². The zero-order chi connectivity index (χ0) is 23.2. The first-order valence-corrected chi connectivity index (χ1v) is 10.6. The second-order valence-corrected chi connectivity index (χ2v) is 8.62. The molecule has 1 aliphatic heterocycles. The third-order valence-electron chi connectivity index (χ3n) is 5.66. The molecule has 0 atom stereocenters. The van der Waals surface area contributed by atoms with Crippen molar-refractivity contribution in [3.05, 3.63) is 65.8 Å². The molecular formula is C24H24FN7O. The number of fused-ring (bicyclic) bond motifs is 1. The average molecular weight is 446 g/mol. The van der Waals surface area contributed by atoms with E-state index in [-0.39, 0.29) is 11.2 Å². The third-order valence-corrected chi connectivity index (χ3v) is 5.66. The number of anilines is 5. The second kappa shape index (κ2) is 7.84. The molecule has 0 saturated heterocycles. The predicted octanol–water partition coefficient (Wildman–Crippen LogP) is 5.19. The summed E-state index contributed by atoms with van der Waals surface area (Å²) in [5, 5.41) is 14.4. The Morgan fingerprint density at radius 2 is 1.73 bits per heavy atom. The topological polar surface area (TPSA) is 92.0 Å². The Labute approximate surface area is 190 Å². The van der Waals surface area contributed by atoms with E-state index in [4.69, 9.17) is 14.4 Å². The van der Waals surface area contributed by atoms with Crippen molar-refractivity contribution >= 4 is 29.0 Å². The van der Waals surface area contributed by atoms with Gasteiger partial charge in [0, 0.05) is 48.4 Å². The van der Waals surface area contributed by atoms with E-state index >= 15 is 0 Å². The van der Waals surface area contributed by atoms with Crippen molar-refractivity contribution in [3.8, 4) is 11.5 Å². The van der Waals surface area contributed by atoms with Crippen LogP contribution in [-0.2, 0) is 5.41 Å². The molecule has 9 heteroatoms. The molecule has 168 valence electrons. The lowest BCUT2D eigenvalue weighted by molar-refractivity contribution is 0.533. The number of nitrogens with zero attached hydrogens (tertiary/aromatic N) is 5. The standard InChI is InChI=1S/C24H24FN7O/c1-14-30-31-22(33-14)15-5-9-17(10-6-15)27-23-28-20(26-4)19-21(29-23)32(13-24(19,2)3)18-11-7-16(25)8-12-18/h5-12H,13H2,1-4H3,(H2,26,27,28,29). The van der Waals surface area contributed by atoms with Crippen molar-refractivity contribution in [2.75, 3.05) is 29.1 Å². The summed E-state index contributed by atoms with van der Waals surface area (Å²) in [5.74, 6) is 2.75. The first-order chi connectivity index (χ1) is 15.8. The van der Waals surface area contributed by atoms with Crippen LogP contribution in [0.1, 0.15) is 25.3 Å². The predicted molar refractivity (Wildman–Crippen MR) is 126 cm³/mol. The van der Waals surface area contributed by atoms with Crippen molar-refractivity contribution in [1.82, 2.24) is 20.2 Å². The molecule has 0 bridgehead atoms. The lowest BCUT2D eigenvalue weighted by Crippen LogP contribution is -2.25. The van der Waals surface area contributed by atoms with Crippen LogP contribution >= 0.6 is 0 Å². The lowest BCUT2D eigenvalue weighted by Gasteiger charge is -2.21. The van der Waals surface area contributed by atoms with Crippen molar-refractivity contribution < 1.29 is 8.81 Å².